The highest BCUT2D eigenvalue weighted by molar-refractivity contribution is 9.10. The number of imide groups is 1. The summed E-state index contributed by atoms with van der Waals surface area (Å²) in [7, 11) is 5.49. The number of esters is 2. The largest absolute Gasteiger partial charge is 0.493 e. The quantitative estimate of drug-likeness (QED) is 0.161. The molecule has 40 heavy (non-hydrogen) atoms. The van der Waals surface area contributed by atoms with Gasteiger partial charge in [0, 0.05) is 10.0 Å². The molecule has 0 saturated carbocycles. The first-order valence-corrected chi connectivity index (χ1v) is 12.3. The van der Waals surface area contributed by atoms with Crippen LogP contribution in [0.5, 0.6) is 23.0 Å². The molecule has 13 heteroatoms. The average molecular weight is 615 g/mol. The van der Waals surface area contributed by atoms with Crippen LogP contribution in [0.2, 0.25) is 0 Å². The SMILES string of the molecule is COC(=O)c1ccc(CN2C(=O)N/C(=C/c3cc(Br)ccc3OC(=O)c3cc(OC)c(OC)c(OC)c3)C2=O)o1. The number of hydrogen-bond acceptors (Lipinski definition) is 10. The summed E-state index contributed by atoms with van der Waals surface area (Å²) in [5.41, 5.74) is 0.386. The maximum absolute atomic E-state index is 13.1. The van der Waals surface area contributed by atoms with E-state index in [1.165, 1.54) is 64.8 Å². The second kappa shape index (κ2) is 11.9. The number of hydrogen-bond donors (Lipinski definition) is 1. The Morgan fingerprint density at radius 3 is 2.25 bits per heavy atom. The number of methoxy groups -OCH3 is 4. The Morgan fingerprint density at radius 1 is 0.925 bits per heavy atom. The normalized spacial score (nSPS) is 13.7. The lowest BCUT2D eigenvalue weighted by atomic mass is 10.1. The van der Waals surface area contributed by atoms with Crippen molar-refractivity contribution in [2.75, 3.05) is 28.4 Å². The highest BCUT2D eigenvalue weighted by atomic mass is 79.9. The number of benzene rings is 2. The number of halogens is 1. The molecular formula is C27H23BrN2O10. The first-order chi connectivity index (χ1) is 19.2. The van der Waals surface area contributed by atoms with Gasteiger partial charge in [0.15, 0.2) is 11.5 Å². The van der Waals surface area contributed by atoms with Crippen molar-refractivity contribution in [3.63, 3.8) is 0 Å². The molecule has 208 valence electrons. The van der Waals surface area contributed by atoms with Gasteiger partial charge in [-0.25, -0.2) is 14.4 Å². The van der Waals surface area contributed by atoms with Gasteiger partial charge in [0.05, 0.1) is 40.5 Å². The van der Waals surface area contributed by atoms with Crippen molar-refractivity contribution in [3.8, 4) is 23.0 Å². The summed E-state index contributed by atoms with van der Waals surface area (Å²) in [6, 6.07) is 9.83. The van der Waals surface area contributed by atoms with Gasteiger partial charge in [-0.3, -0.25) is 9.69 Å². The number of carbonyl (C=O) groups excluding carboxylic acids is 4. The van der Waals surface area contributed by atoms with Gasteiger partial charge < -0.3 is 33.4 Å². The highest BCUT2D eigenvalue weighted by Gasteiger charge is 2.34. The molecular weight excluding hydrogens is 592 g/mol. The van der Waals surface area contributed by atoms with Crippen molar-refractivity contribution in [1.82, 2.24) is 10.2 Å². The molecule has 0 unspecified atom stereocenters. The summed E-state index contributed by atoms with van der Waals surface area (Å²) in [5.74, 6) is -0.974. The third kappa shape index (κ3) is 5.78. The Balaban J connectivity index is 1.59. The lowest BCUT2D eigenvalue weighted by molar-refractivity contribution is -0.123. The Morgan fingerprint density at radius 2 is 1.62 bits per heavy atom. The van der Waals surface area contributed by atoms with Gasteiger partial charge in [0.1, 0.15) is 17.2 Å². The predicted octanol–water partition coefficient (Wildman–Crippen LogP) is 4.17. The molecule has 0 atom stereocenters. The fraction of sp³-hybridized carbons (Fsp3) is 0.185. The standard InChI is InChI=1S/C27H23BrN2O10/c1-35-21-11-15(12-22(36-2)23(21)37-3)25(32)40-19-7-5-16(28)9-14(19)10-18-24(31)30(27(34)29-18)13-17-6-8-20(39-17)26(33)38-4/h5-12H,13H2,1-4H3,(H,29,34)/b18-10+. The smallest absolute Gasteiger partial charge is 0.373 e. The maximum atomic E-state index is 13.1. The second-order valence-corrected chi connectivity index (χ2v) is 9.04. The van der Waals surface area contributed by atoms with Gasteiger partial charge in [-0.2, -0.15) is 0 Å². The van der Waals surface area contributed by atoms with Crippen LogP contribution < -0.4 is 24.3 Å². The van der Waals surface area contributed by atoms with E-state index in [2.05, 4.69) is 26.0 Å². The van der Waals surface area contributed by atoms with Gasteiger partial charge in [0.2, 0.25) is 11.5 Å². The Hall–Kier alpha value is -4.78. The summed E-state index contributed by atoms with van der Waals surface area (Å²) in [5, 5.41) is 2.50. The molecule has 2 aromatic carbocycles. The van der Waals surface area contributed by atoms with E-state index in [1.807, 2.05) is 0 Å². The van der Waals surface area contributed by atoms with E-state index in [4.69, 9.17) is 23.4 Å². The molecule has 1 aromatic heterocycles. The lowest BCUT2D eigenvalue weighted by Gasteiger charge is -2.14. The topological polar surface area (TPSA) is 143 Å². The number of amides is 3. The average Bonchev–Trinajstić information content (AvgIpc) is 3.53. The summed E-state index contributed by atoms with van der Waals surface area (Å²) in [6.45, 7) is -0.222. The monoisotopic (exact) mass is 614 g/mol. The van der Waals surface area contributed by atoms with Crippen LogP contribution in [-0.2, 0) is 16.1 Å². The minimum Gasteiger partial charge on any atom is -0.493 e. The molecule has 3 aromatic rings. The predicted molar refractivity (Wildman–Crippen MR) is 142 cm³/mol. The first-order valence-electron chi connectivity index (χ1n) is 11.5. The third-order valence-corrected chi connectivity index (χ3v) is 6.19. The summed E-state index contributed by atoms with van der Waals surface area (Å²) in [6.07, 6.45) is 1.38. The van der Waals surface area contributed by atoms with E-state index in [0.29, 0.717) is 15.8 Å². The lowest BCUT2D eigenvalue weighted by Crippen LogP contribution is -2.30. The van der Waals surface area contributed by atoms with Crippen molar-refractivity contribution in [2.24, 2.45) is 0 Å². The van der Waals surface area contributed by atoms with E-state index in [1.54, 1.807) is 12.1 Å². The summed E-state index contributed by atoms with van der Waals surface area (Å²) < 4.78 is 32.1. The van der Waals surface area contributed by atoms with Crippen molar-refractivity contribution in [3.05, 3.63) is 75.3 Å². The van der Waals surface area contributed by atoms with Crippen LogP contribution in [-0.4, -0.2) is 57.2 Å². The van der Waals surface area contributed by atoms with Crippen molar-refractivity contribution in [2.45, 2.75) is 6.54 Å². The number of nitrogens with one attached hydrogen (secondary N) is 1. The fourth-order valence-electron chi connectivity index (χ4n) is 3.78. The van der Waals surface area contributed by atoms with E-state index >= 15 is 0 Å². The number of ether oxygens (including phenoxy) is 5. The molecule has 0 spiro atoms. The molecule has 0 bridgehead atoms. The number of carbonyl (C=O) groups is 4. The Labute approximate surface area is 236 Å². The molecule has 0 aliphatic carbocycles. The molecule has 1 fully saturated rings. The van der Waals surface area contributed by atoms with Crippen LogP contribution in [0.25, 0.3) is 6.08 Å². The van der Waals surface area contributed by atoms with Gasteiger partial charge >= 0.3 is 18.0 Å². The van der Waals surface area contributed by atoms with Gasteiger partial charge in [0.25, 0.3) is 5.91 Å². The number of nitrogens with zero attached hydrogens (tertiary/aromatic N) is 1. The van der Waals surface area contributed by atoms with Crippen molar-refractivity contribution < 1.29 is 47.3 Å². The van der Waals surface area contributed by atoms with Crippen LogP contribution >= 0.6 is 15.9 Å². The molecule has 12 nitrogen and oxygen atoms in total. The van der Waals surface area contributed by atoms with E-state index < -0.39 is 23.9 Å². The minimum absolute atomic E-state index is 0.0620. The van der Waals surface area contributed by atoms with Crippen LogP contribution in [0.1, 0.15) is 32.2 Å². The van der Waals surface area contributed by atoms with E-state index in [9.17, 15) is 19.2 Å². The number of furan rings is 1. The Kier molecular flexibility index (Phi) is 8.43. The van der Waals surface area contributed by atoms with Crippen LogP contribution in [0.15, 0.2) is 57.1 Å². The number of urea groups is 1. The number of rotatable bonds is 9. The molecule has 1 aliphatic heterocycles. The van der Waals surface area contributed by atoms with Crippen molar-refractivity contribution >= 4 is 45.9 Å². The molecule has 1 N–H and O–H groups in total. The van der Waals surface area contributed by atoms with Gasteiger partial charge in [-0.05, 0) is 48.5 Å². The van der Waals surface area contributed by atoms with Gasteiger partial charge in [-0.1, -0.05) is 15.9 Å². The molecule has 2 heterocycles. The minimum atomic E-state index is -0.733. The highest BCUT2D eigenvalue weighted by Crippen LogP contribution is 2.38. The summed E-state index contributed by atoms with van der Waals surface area (Å²) >= 11 is 3.36. The third-order valence-electron chi connectivity index (χ3n) is 5.70. The zero-order valence-electron chi connectivity index (χ0n) is 21.7. The van der Waals surface area contributed by atoms with Crippen LogP contribution in [0, 0.1) is 0 Å². The first kappa shape index (κ1) is 28.2. The van der Waals surface area contributed by atoms with Crippen molar-refractivity contribution in [1.29, 1.82) is 0 Å². The summed E-state index contributed by atoms with van der Waals surface area (Å²) in [4.78, 5) is 51.2. The maximum Gasteiger partial charge on any atom is 0.373 e. The molecule has 1 saturated heterocycles. The second-order valence-electron chi connectivity index (χ2n) is 8.12. The van der Waals surface area contributed by atoms with Gasteiger partial charge in [-0.15, -0.1) is 0 Å². The molecule has 4 rings (SSSR count). The van der Waals surface area contributed by atoms with Crippen LogP contribution in [0.3, 0.4) is 0 Å². The zero-order chi connectivity index (χ0) is 29.0. The molecule has 1 aliphatic rings. The molecule has 3 amide bonds. The zero-order valence-corrected chi connectivity index (χ0v) is 23.3. The molecule has 0 radical (unpaired) electrons. The van der Waals surface area contributed by atoms with E-state index in [0.717, 1.165) is 4.90 Å². The van der Waals surface area contributed by atoms with E-state index in [-0.39, 0.29) is 46.6 Å². The fourth-order valence-corrected chi connectivity index (χ4v) is 4.16. The van der Waals surface area contributed by atoms with Crippen LogP contribution in [0.4, 0.5) is 4.79 Å². The Bertz CT molecular complexity index is 1500.